The molecule has 1 aromatic carbocycles. The molecule has 0 aliphatic carbocycles. The van der Waals surface area contributed by atoms with E-state index in [4.69, 9.17) is 11.6 Å². The molecule has 1 aliphatic heterocycles. The van der Waals surface area contributed by atoms with Gasteiger partial charge in [0.15, 0.2) is 0 Å². The molecule has 18 heavy (non-hydrogen) atoms. The molecule has 7 heteroatoms. The molecule has 0 unspecified atom stereocenters. The predicted molar refractivity (Wildman–Crippen MR) is 64.8 cm³/mol. The largest absolute Gasteiger partial charge is 0.276 e. The van der Waals surface area contributed by atoms with Gasteiger partial charge in [-0.15, -0.1) is 11.6 Å². The van der Waals surface area contributed by atoms with Crippen LogP contribution in [0.4, 0.5) is 0 Å². The number of halogens is 1. The number of hydrogen-bond donors (Lipinski definition) is 0. The molecule has 0 bridgehead atoms. The standard InChI is InChI=1S/C11H10ClNO4S/c12-7-3-6-10(14)13-11(15)8-4-1-2-5-9(8)18(13,16)17/h1-2,4-5H,3,6-7H2. The van der Waals surface area contributed by atoms with Crippen LogP contribution in [-0.4, -0.2) is 30.4 Å². The SMILES string of the molecule is O=C(CCCCl)N1C(=O)c2ccccc2S1(=O)=O. The lowest BCUT2D eigenvalue weighted by Crippen LogP contribution is -2.36. The van der Waals surface area contributed by atoms with Crippen molar-refractivity contribution in [3.8, 4) is 0 Å². The number of sulfonamides is 1. The van der Waals surface area contributed by atoms with Crippen molar-refractivity contribution in [2.45, 2.75) is 17.7 Å². The summed E-state index contributed by atoms with van der Waals surface area (Å²) in [4.78, 5) is 23.6. The number of carbonyl (C=O) groups is 2. The monoisotopic (exact) mass is 287 g/mol. The van der Waals surface area contributed by atoms with Crippen molar-refractivity contribution in [3.05, 3.63) is 29.8 Å². The summed E-state index contributed by atoms with van der Waals surface area (Å²) in [6.45, 7) is 0. The van der Waals surface area contributed by atoms with E-state index in [1.807, 2.05) is 0 Å². The van der Waals surface area contributed by atoms with Crippen LogP contribution in [0.15, 0.2) is 29.2 Å². The van der Waals surface area contributed by atoms with Crippen LogP contribution < -0.4 is 0 Å². The van der Waals surface area contributed by atoms with Gasteiger partial charge in [0.25, 0.3) is 15.9 Å². The van der Waals surface area contributed by atoms with Crippen molar-refractivity contribution >= 4 is 33.4 Å². The number of imide groups is 1. The van der Waals surface area contributed by atoms with E-state index >= 15 is 0 Å². The summed E-state index contributed by atoms with van der Waals surface area (Å²) in [6.07, 6.45) is 0.262. The minimum Gasteiger partial charge on any atom is -0.273 e. The molecule has 96 valence electrons. The predicted octanol–water partition coefficient (Wildman–Crippen LogP) is 1.38. The number of fused-ring (bicyclic) bond motifs is 1. The van der Waals surface area contributed by atoms with Gasteiger partial charge in [-0.25, -0.2) is 8.42 Å². The highest BCUT2D eigenvalue weighted by molar-refractivity contribution is 7.90. The molecule has 0 aromatic heterocycles. The van der Waals surface area contributed by atoms with E-state index in [0.717, 1.165) is 0 Å². The third-order valence-electron chi connectivity index (χ3n) is 2.57. The van der Waals surface area contributed by atoms with Crippen molar-refractivity contribution in [3.63, 3.8) is 0 Å². The van der Waals surface area contributed by atoms with Crippen molar-refractivity contribution < 1.29 is 18.0 Å². The fourth-order valence-electron chi connectivity index (χ4n) is 1.75. The number of alkyl halides is 1. The summed E-state index contributed by atoms with van der Waals surface area (Å²) in [5, 5.41) is 0. The molecule has 0 spiro atoms. The van der Waals surface area contributed by atoms with Gasteiger partial charge in [-0.2, -0.15) is 4.31 Å². The van der Waals surface area contributed by atoms with Crippen LogP contribution in [0, 0.1) is 0 Å². The van der Waals surface area contributed by atoms with Crippen molar-refractivity contribution in [2.24, 2.45) is 0 Å². The maximum atomic E-state index is 12.1. The molecule has 1 heterocycles. The summed E-state index contributed by atoms with van der Waals surface area (Å²) in [5.74, 6) is -1.29. The Hall–Kier alpha value is -1.40. The van der Waals surface area contributed by atoms with Crippen LogP contribution in [-0.2, 0) is 14.8 Å². The summed E-state index contributed by atoms with van der Waals surface area (Å²) in [7, 11) is -4.03. The van der Waals surface area contributed by atoms with Gasteiger partial charge in [0, 0.05) is 12.3 Å². The van der Waals surface area contributed by atoms with Gasteiger partial charge in [-0.05, 0) is 18.6 Å². The zero-order valence-electron chi connectivity index (χ0n) is 9.30. The Balaban J connectivity index is 2.42. The Morgan fingerprint density at radius 1 is 1.28 bits per heavy atom. The molecule has 0 atom stereocenters. The Kier molecular flexibility index (Phi) is 3.41. The van der Waals surface area contributed by atoms with Crippen LogP contribution in [0.25, 0.3) is 0 Å². The van der Waals surface area contributed by atoms with Gasteiger partial charge < -0.3 is 0 Å². The van der Waals surface area contributed by atoms with Crippen LogP contribution in [0.2, 0.25) is 0 Å². The van der Waals surface area contributed by atoms with Gasteiger partial charge in [0.05, 0.1) is 5.56 Å². The van der Waals surface area contributed by atoms with Gasteiger partial charge in [-0.1, -0.05) is 12.1 Å². The second-order valence-electron chi connectivity index (χ2n) is 3.76. The summed E-state index contributed by atoms with van der Waals surface area (Å²) >= 11 is 5.44. The summed E-state index contributed by atoms with van der Waals surface area (Å²) in [6, 6.07) is 5.77. The second-order valence-corrected chi connectivity index (χ2v) is 5.89. The number of benzene rings is 1. The number of carbonyl (C=O) groups excluding carboxylic acids is 2. The number of rotatable bonds is 3. The van der Waals surface area contributed by atoms with Crippen LogP contribution >= 0.6 is 11.6 Å². The zero-order chi connectivity index (χ0) is 13.3. The summed E-state index contributed by atoms with van der Waals surface area (Å²) in [5.41, 5.74) is 0.0386. The van der Waals surface area contributed by atoms with Crippen molar-refractivity contribution in [2.75, 3.05) is 5.88 Å². The number of nitrogens with zero attached hydrogens (tertiary/aromatic N) is 1. The van der Waals surface area contributed by atoms with E-state index in [0.29, 0.717) is 10.7 Å². The molecule has 5 nitrogen and oxygen atoms in total. The molecule has 1 aromatic rings. The zero-order valence-corrected chi connectivity index (χ0v) is 10.9. The average molecular weight is 288 g/mol. The maximum absolute atomic E-state index is 12.1. The average Bonchev–Trinajstić information content (AvgIpc) is 2.55. The lowest BCUT2D eigenvalue weighted by molar-refractivity contribution is -0.124. The van der Waals surface area contributed by atoms with Gasteiger partial charge in [0.2, 0.25) is 5.91 Å². The molecule has 1 aliphatic rings. The first-order valence-electron chi connectivity index (χ1n) is 5.27. The highest BCUT2D eigenvalue weighted by Gasteiger charge is 2.44. The number of hydrogen-bond acceptors (Lipinski definition) is 4. The fraction of sp³-hybridized carbons (Fsp3) is 0.273. The fourth-order valence-corrected chi connectivity index (χ4v) is 3.44. The molecule has 0 saturated heterocycles. The smallest absolute Gasteiger partial charge is 0.273 e. The molecule has 2 rings (SSSR count). The number of amides is 2. The van der Waals surface area contributed by atoms with Gasteiger partial charge in [0.1, 0.15) is 4.90 Å². The molecule has 0 radical (unpaired) electrons. The third-order valence-corrected chi connectivity index (χ3v) is 4.60. The lowest BCUT2D eigenvalue weighted by Gasteiger charge is -2.12. The van der Waals surface area contributed by atoms with E-state index < -0.39 is 21.8 Å². The van der Waals surface area contributed by atoms with Crippen LogP contribution in [0.3, 0.4) is 0 Å². The molecular formula is C11H10ClNO4S. The first-order valence-corrected chi connectivity index (χ1v) is 7.25. The Labute approximate surface area is 109 Å². The van der Waals surface area contributed by atoms with E-state index in [1.54, 1.807) is 6.07 Å². The van der Waals surface area contributed by atoms with E-state index in [1.165, 1.54) is 18.2 Å². The first-order chi connectivity index (χ1) is 8.50. The third kappa shape index (κ3) is 1.91. The van der Waals surface area contributed by atoms with Crippen molar-refractivity contribution in [1.29, 1.82) is 0 Å². The molecule has 0 fully saturated rings. The molecule has 0 saturated carbocycles. The van der Waals surface area contributed by atoms with Gasteiger partial charge in [-0.3, -0.25) is 9.59 Å². The highest BCUT2D eigenvalue weighted by Crippen LogP contribution is 2.30. The van der Waals surface area contributed by atoms with Gasteiger partial charge >= 0.3 is 0 Å². The normalized spacial score (nSPS) is 16.7. The highest BCUT2D eigenvalue weighted by atomic mass is 35.5. The van der Waals surface area contributed by atoms with Crippen LogP contribution in [0.5, 0.6) is 0 Å². The quantitative estimate of drug-likeness (QED) is 0.787. The second kappa shape index (κ2) is 4.70. The Morgan fingerprint density at radius 3 is 2.56 bits per heavy atom. The Bertz CT molecular complexity index is 611. The molecule has 0 N–H and O–H groups in total. The molecular weight excluding hydrogens is 278 g/mol. The topological polar surface area (TPSA) is 71.5 Å². The van der Waals surface area contributed by atoms with E-state index in [9.17, 15) is 18.0 Å². The first kappa shape index (κ1) is 13.0. The Morgan fingerprint density at radius 2 is 1.94 bits per heavy atom. The van der Waals surface area contributed by atoms with Crippen molar-refractivity contribution in [1.82, 2.24) is 4.31 Å². The lowest BCUT2D eigenvalue weighted by atomic mass is 10.2. The van der Waals surface area contributed by atoms with E-state index in [2.05, 4.69) is 0 Å². The van der Waals surface area contributed by atoms with E-state index in [-0.39, 0.29) is 22.8 Å². The van der Waals surface area contributed by atoms with Crippen LogP contribution in [0.1, 0.15) is 23.2 Å². The minimum absolute atomic E-state index is 0.0386. The summed E-state index contributed by atoms with van der Waals surface area (Å²) < 4.78 is 24.4. The maximum Gasteiger partial charge on any atom is 0.276 e. The molecule has 2 amide bonds. The minimum atomic E-state index is -4.03.